The number of hydrogen-bond acceptors (Lipinski definition) is 6. The summed E-state index contributed by atoms with van der Waals surface area (Å²) in [5.41, 5.74) is 0.334. The number of para-hydroxylation sites is 1. The van der Waals surface area contributed by atoms with Crippen molar-refractivity contribution >= 4 is 23.5 Å². The van der Waals surface area contributed by atoms with E-state index in [4.69, 9.17) is 9.47 Å². The zero-order valence-electron chi connectivity index (χ0n) is 19.7. The summed E-state index contributed by atoms with van der Waals surface area (Å²) in [5.74, 6) is -2.84. The summed E-state index contributed by atoms with van der Waals surface area (Å²) in [6.07, 6.45) is 7.50. The van der Waals surface area contributed by atoms with E-state index < -0.39 is 35.0 Å². The Morgan fingerprint density at radius 1 is 1.06 bits per heavy atom. The molecule has 4 heterocycles. The van der Waals surface area contributed by atoms with Gasteiger partial charge in [-0.1, -0.05) is 36.4 Å². The van der Waals surface area contributed by atoms with Gasteiger partial charge in [-0.3, -0.25) is 14.4 Å². The summed E-state index contributed by atoms with van der Waals surface area (Å²) in [6, 6.07) is 4.90. The van der Waals surface area contributed by atoms with E-state index in [0.717, 1.165) is 16.8 Å². The number of carbonyl (C=O) groups is 3. The fourth-order valence-corrected chi connectivity index (χ4v) is 6.27. The Bertz CT molecular complexity index is 1090. The van der Waals surface area contributed by atoms with Gasteiger partial charge < -0.3 is 24.4 Å². The zero-order valence-corrected chi connectivity index (χ0v) is 19.7. The van der Waals surface area contributed by atoms with Crippen LogP contribution in [0.3, 0.4) is 0 Å². The Morgan fingerprint density at radius 3 is 2.50 bits per heavy atom. The number of esters is 1. The molecule has 5 rings (SSSR count). The van der Waals surface area contributed by atoms with Gasteiger partial charge in [0.05, 0.1) is 11.5 Å². The summed E-state index contributed by atoms with van der Waals surface area (Å²) in [7, 11) is 0. The first-order valence-electron chi connectivity index (χ1n) is 11.8. The van der Waals surface area contributed by atoms with Gasteiger partial charge in [-0.25, -0.2) is 0 Å². The number of aliphatic hydroxyl groups excluding tert-OH is 1. The molecular formula is C26H30N2O6. The molecule has 0 radical (unpaired) electrons. The number of cyclic esters (lactones) is 1. The monoisotopic (exact) mass is 466 g/mol. The smallest absolute Gasteiger partial charge is 0.313 e. The molecule has 0 bridgehead atoms. The van der Waals surface area contributed by atoms with Crippen LogP contribution in [0.2, 0.25) is 0 Å². The minimum Gasteiger partial charge on any atom is -0.461 e. The number of nitrogens with zero attached hydrogens (tertiary/aromatic N) is 2. The molecule has 0 saturated carbocycles. The highest BCUT2D eigenvalue weighted by molar-refractivity contribution is 6.06. The highest BCUT2D eigenvalue weighted by atomic mass is 16.6. The molecule has 8 heteroatoms. The lowest BCUT2D eigenvalue weighted by Crippen LogP contribution is -2.56. The summed E-state index contributed by atoms with van der Waals surface area (Å²) in [6.45, 7) is 6.21. The highest BCUT2D eigenvalue weighted by Gasteiger charge is 2.74. The van der Waals surface area contributed by atoms with E-state index in [-0.39, 0.29) is 31.6 Å². The molecule has 1 N–H and O–H groups in total. The number of aliphatic hydroxyl groups is 1. The first-order chi connectivity index (χ1) is 16.2. The molecule has 2 saturated heterocycles. The van der Waals surface area contributed by atoms with Crippen LogP contribution in [0.5, 0.6) is 0 Å². The van der Waals surface area contributed by atoms with Crippen LogP contribution in [0.1, 0.15) is 24.5 Å². The average molecular weight is 467 g/mol. The Hall–Kier alpha value is -2.97. The summed E-state index contributed by atoms with van der Waals surface area (Å²) in [4.78, 5) is 44.4. The molecule has 0 aliphatic carbocycles. The molecule has 2 fully saturated rings. The third-order valence-electron chi connectivity index (χ3n) is 7.58. The van der Waals surface area contributed by atoms with Crippen LogP contribution in [0.4, 0.5) is 5.69 Å². The van der Waals surface area contributed by atoms with Gasteiger partial charge in [-0.2, -0.15) is 0 Å². The van der Waals surface area contributed by atoms with Crippen molar-refractivity contribution in [1.82, 2.24) is 4.90 Å². The van der Waals surface area contributed by atoms with E-state index in [1.807, 2.05) is 44.2 Å². The van der Waals surface area contributed by atoms with E-state index in [9.17, 15) is 19.5 Å². The number of carbonyl (C=O) groups excluding carboxylic acids is 3. The van der Waals surface area contributed by atoms with E-state index in [2.05, 4.69) is 0 Å². The highest BCUT2D eigenvalue weighted by Crippen LogP contribution is 2.57. The molecule has 1 unspecified atom stereocenters. The van der Waals surface area contributed by atoms with Gasteiger partial charge >= 0.3 is 5.97 Å². The van der Waals surface area contributed by atoms with Gasteiger partial charge in [0.15, 0.2) is 0 Å². The summed E-state index contributed by atoms with van der Waals surface area (Å²) in [5, 5.41) is 9.48. The zero-order chi connectivity index (χ0) is 24.3. The second-order valence-electron chi connectivity index (χ2n) is 9.73. The molecule has 1 spiro atoms. The minimum absolute atomic E-state index is 0.119. The van der Waals surface area contributed by atoms with Crippen molar-refractivity contribution in [2.24, 2.45) is 11.8 Å². The Labute approximate surface area is 198 Å². The largest absolute Gasteiger partial charge is 0.461 e. The topological polar surface area (TPSA) is 96.4 Å². The number of aryl methyl sites for hydroxylation is 2. The number of fused-ring (bicyclic) bond motifs is 2. The minimum atomic E-state index is -1.31. The number of likely N-dealkylation sites (tertiary alicyclic amines) is 1. The van der Waals surface area contributed by atoms with E-state index in [0.29, 0.717) is 13.0 Å². The standard InChI is InChI=1S/C26H30N2O6/c1-16-8-4-9-17(2)20(16)27-12-5-11-26-18(19-24(32)33-15-6-10-25(19,3)34-26)22(30)28(13-7-14-29)21(26)23(27)31/h4-6,8-11,18-19,21,29H,7,12-15H2,1-3H3/t18-,19-,21?,25+,26-/m0/s1. The normalized spacial score (nSPS) is 34.5. The van der Waals surface area contributed by atoms with Crippen molar-refractivity contribution in [1.29, 1.82) is 0 Å². The molecule has 34 heavy (non-hydrogen) atoms. The van der Waals surface area contributed by atoms with Crippen molar-refractivity contribution in [2.45, 2.75) is 44.4 Å². The van der Waals surface area contributed by atoms with Crippen molar-refractivity contribution < 1.29 is 29.0 Å². The second-order valence-corrected chi connectivity index (χ2v) is 9.73. The van der Waals surface area contributed by atoms with Gasteiger partial charge in [0.2, 0.25) is 5.91 Å². The van der Waals surface area contributed by atoms with Crippen LogP contribution in [0, 0.1) is 25.7 Å². The number of anilines is 1. The number of amides is 2. The lowest BCUT2D eigenvalue weighted by atomic mass is 9.75. The lowest BCUT2D eigenvalue weighted by molar-refractivity contribution is -0.156. The summed E-state index contributed by atoms with van der Waals surface area (Å²) >= 11 is 0. The predicted octanol–water partition coefficient (Wildman–Crippen LogP) is 1.67. The predicted molar refractivity (Wildman–Crippen MR) is 124 cm³/mol. The molecule has 5 atom stereocenters. The van der Waals surface area contributed by atoms with Crippen molar-refractivity contribution in [3.8, 4) is 0 Å². The van der Waals surface area contributed by atoms with Crippen molar-refractivity contribution in [2.75, 3.05) is 31.2 Å². The maximum Gasteiger partial charge on any atom is 0.313 e. The van der Waals surface area contributed by atoms with Gasteiger partial charge in [-0.05, 0) is 44.4 Å². The second kappa shape index (κ2) is 8.06. The van der Waals surface area contributed by atoms with Gasteiger partial charge in [0, 0.05) is 25.4 Å². The molecule has 0 aromatic heterocycles. The quantitative estimate of drug-likeness (QED) is 0.536. The Morgan fingerprint density at radius 2 is 1.79 bits per heavy atom. The number of hydrogen-bond donors (Lipinski definition) is 1. The van der Waals surface area contributed by atoms with E-state index >= 15 is 0 Å². The molecule has 4 aliphatic rings. The molecule has 180 valence electrons. The Kier molecular flexibility index (Phi) is 5.41. The fourth-order valence-electron chi connectivity index (χ4n) is 6.27. The number of rotatable bonds is 4. The molecule has 1 aromatic carbocycles. The average Bonchev–Trinajstić information content (AvgIpc) is 3.04. The number of ether oxygens (including phenoxy) is 2. The summed E-state index contributed by atoms with van der Waals surface area (Å²) < 4.78 is 12.0. The van der Waals surface area contributed by atoms with Crippen molar-refractivity contribution in [3.05, 3.63) is 53.6 Å². The SMILES string of the molecule is Cc1cccc(C)c1N1CC=C[C@]23O[C@]4(C)C=CCOC(=O)[C@@H]4[C@H]2C(=O)N(CCCO)C3C1=O. The van der Waals surface area contributed by atoms with Crippen LogP contribution in [-0.4, -0.2) is 71.3 Å². The third kappa shape index (κ3) is 3.08. The maximum absolute atomic E-state index is 14.3. The molecule has 8 nitrogen and oxygen atoms in total. The maximum atomic E-state index is 14.3. The lowest BCUT2D eigenvalue weighted by Gasteiger charge is -2.37. The third-order valence-corrected chi connectivity index (χ3v) is 7.58. The molecule has 2 amide bonds. The van der Waals surface area contributed by atoms with Crippen LogP contribution >= 0.6 is 0 Å². The van der Waals surface area contributed by atoms with Gasteiger partial charge in [-0.15, -0.1) is 0 Å². The van der Waals surface area contributed by atoms with Crippen molar-refractivity contribution in [3.63, 3.8) is 0 Å². The van der Waals surface area contributed by atoms with E-state index in [1.165, 1.54) is 4.90 Å². The molecular weight excluding hydrogens is 436 g/mol. The number of benzene rings is 1. The van der Waals surface area contributed by atoms with Crippen LogP contribution in [0.25, 0.3) is 0 Å². The fraction of sp³-hybridized carbons (Fsp3) is 0.500. The Balaban J connectivity index is 1.66. The van der Waals surface area contributed by atoms with E-state index in [1.54, 1.807) is 24.0 Å². The van der Waals surface area contributed by atoms with Crippen LogP contribution in [0.15, 0.2) is 42.5 Å². The van der Waals surface area contributed by atoms with Crippen LogP contribution in [-0.2, 0) is 23.9 Å². The van der Waals surface area contributed by atoms with Gasteiger partial charge in [0.25, 0.3) is 5.91 Å². The molecule has 4 aliphatic heterocycles. The van der Waals surface area contributed by atoms with Gasteiger partial charge in [0.1, 0.15) is 24.2 Å². The first kappa shape index (κ1) is 22.8. The van der Waals surface area contributed by atoms with Crippen LogP contribution < -0.4 is 4.90 Å². The molecule has 1 aromatic rings. The first-order valence-corrected chi connectivity index (χ1v) is 11.8.